The van der Waals surface area contributed by atoms with Crippen molar-refractivity contribution >= 4 is 23.1 Å². The van der Waals surface area contributed by atoms with Crippen molar-refractivity contribution in [2.45, 2.75) is 45.6 Å². The highest BCUT2D eigenvalue weighted by molar-refractivity contribution is 7.13. The van der Waals surface area contributed by atoms with Gasteiger partial charge in [0.25, 0.3) is 0 Å². The van der Waals surface area contributed by atoms with Gasteiger partial charge in [-0.3, -0.25) is 14.6 Å². The van der Waals surface area contributed by atoms with Gasteiger partial charge in [-0.15, -0.1) is 11.3 Å². The molecule has 0 aliphatic heterocycles. The van der Waals surface area contributed by atoms with E-state index in [1.807, 2.05) is 29.6 Å². The zero-order valence-corrected chi connectivity index (χ0v) is 17.8. The minimum Gasteiger partial charge on any atom is -0.454 e. The Morgan fingerprint density at radius 1 is 1.14 bits per heavy atom. The molecular formula is C23H24N2O3S. The van der Waals surface area contributed by atoms with Gasteiger partial charge in [0.1, 0.15) is 5.01 Å². The molecule has 0 fully saturated rings. The fourth-order valence-corrected chi connectivity index (χ4v) is 3.63. The fraction of sp³-hybridized carbons (Fsp3) is 0.304. The second kappa shape index (κ2) is 8.66. The van der Waals surface area contributed by atoms with E-state index in [2.05, 4.69) is 30.7 Å². The molecule has 0 unspecified atom stereocenters. The molecule has 6 heteroatoms. The molecule has 0 aliphatic carbocycles. The number of nitrogens with zero attached hydrogens (tertiary/aromatic N) is 2. The van der Waals surface area contributed by atoms with Crippen molar-refractivity contribution in [1.29, 1.82) is 0 Å². The van der Waals surface area contributed by atoms with Crippen LogP contribution in [0.2, 0.25) is 0 Å². The lowest BCUT2D eigenvalue weighted by molar-refractivity contribution is -0.145. The van der Waals surface area contributed by atoms with Crippen LogP contribution in [-0.2, 0) is 21.4 Å². The maximum Gasteiger partial charge on any atom is 0.312 e. The fourth-order valence-electron chi connectivity index (χ4n) is 2.82. The molecule has 0 radical (unpaired) electrons. The van der Waals surface area contributed by atoms with Gasteiger partial charge in [0, 0.05) is 28.9 Å². The topological polar surface area (TPSA) is 69.2 Å². The Kier molecular flexibility index (Phi) is 6.23. The van der Waals surface area contributed by atoms with Crippen molar-refractivity contribution in [2.75, 3.05) is 0 Å². The molecular weight excluding hydrogens is 384 g/mol. The van der Waals surface area contributed by atoms with Crippen LogP contribution in [0.1, 0.15) is 49.3 Å². The maximum absolute atomic E-state index is 12.6. The summed E-state index contributed by atoms with van der Waals surface area (Å²) in [5.41, 5.74) is 3.21. The molecule has 0 spiro atoms. The lowest BCUT2D eigenvalue weighted by Gasteiger charge is -2.19. The number of hydrogen-bond acceptors (Lipinski definition) is 6. The van der Waals surface area contributed by atoms with Gasteiger partial charge < -0.3 is 4.74 Å². The number of hydrogen-bond donors (Lipinski definition) is 0. The first-order valence-electron chi connectivity index (χ1n) is 9.43. The van der Waals surface area contributed by atoms with Crippen LogP contribution in [0.4, 0.5) is 0 Å². The van der Waals surface area contributed by atoms with E-state index in [0.717, 1.165) is 16.1 Å². The highest BCUT2D eigenvalue weighted by Gasteiger charge is 2.21. The van der Waals surface area contributed by atoms with Crippen LogP contribution in [0.5, 0.6) is 0 Å². The van der Waals surface area contributed by atoms with Crippen LogP contribution in [-0.4, -0.2) is 27.8 Å². The first-order valence-corrected chi connectivity index (χ1v) is 10.3. The number of ketones is 1. The Balaban J connectivity index is 1.59. The summed E-state index contributed by atoms with van der Waals surface area (Å²) >= 11 is 1.44. The molecule has 0 N–H and O–H groups in total. The van der Waals surface area contributed by atoms with Crippen LogP contribution in [0.15, 0.2) is 54.2 Å². The van der Waals surface area contributed by atoms with Gasteiger partial charge >= 0.3 is 5.97 Å². The number of thiazole rings is 1. The van der Waals surface area contributed by atoms with Crippen molar-refractivity contribution < 1.29 is 14.3 Å². The molecule has 0 amide bonds. The third kappa shape index (κ3) is 5.35. The number of esters is 1. The Morgan fingerprint density at radius 2 is 1.86 bits per heavy atom. The van der Waals surface area contributed by atoms with Gasteiger partial charge in [-0.1, -0.05) is 45.0 Å². The predicted octanol–water partition coefficient (Wildman–Crippen LogP) is 4.86. The number of aromatic nitrogens is 2. The van der Waals surface area contributed by atoms with E-state index in [9.17, 15) is 9.59 Å². The number of carbonyl (C=O) groups excluding carboxylic acids is 2. The molecule has 0 saturated heterocycles. The Morgan fingerprint density at radius 3 is 2.48 bits per heavy atom. The van der Waals surface area contributed by atoms with E-state index in [1.165, 1.54) is 11.3 Å². The van der Waals surface area contributed by atoms with E-state index < -0.39 is 12.1 Å². The zero-order chi connectivity index (χ0) is 21.0. The van der Waals surface area contributed by atoms with Gasteiger partial charge in [0.2, 0.25) is 5.78 Å². The molecule has 3 rings (SSSR count). The van der Waals surface area contributed by atoms with Crippen molar-refractivity contribution in [1.82, 2.24) is 9.97 Å². The predicted molar refractivity (Wildman–Crippen MR) is 114 cm³/mol. The van der Waals surface area contributed by atoms with Gasteiger partial charge in [0.15, 0.2) is 6.10 Å². The Labute approximate surface area is 174 Å². The summed E-state index contributed by atoms with van der Waals surface area (Å²) in [6.07, 6.45) is 2.61. The molecule has 1 aromatic carbocycles. The highest BCUT2D eigenvalue weighted by Crippen LogP contribution is 2.24. The van der Waals surface area contributed by atoms with Gasteiger partial charge in [0.05, 0.1) is 12.1 Å². The average Bonchev–Trinajstić information content (AvgIpc) is 3.15. The van der Waals surface area contributed by atoms with Crippen molar-refractivity contribution in [3.8, 4) is 10.6 Å². The van der Waals surface area contributed by atoms with Gasteiger partial charge in [-0.2, -0.15) is 0 Å². The van der Waals surface area contributed by atoms with Gasteiger partial charge in [-0.05, 0) is 30.0 Å². The molecule has 2 aromatic heterocycles. The Bertz CT molecular complexity index is 989. The molecule has 1 atom stereocenters. The largest absolute Gasteiger partial charge is 0.454 e. The SMILES string of the molecule is C[C@H](OC(=O)Cc1csc(-c2cccnc2)n1)C(=O)c1ccc(C(C)(C)C)cc1. The molecule has 3 aromatic rings. The smallest absolute Gasteiger partial charge is 0.312 e. The van der Waals surface area contributed by atoms with E-state index >= 15 is 0 Å². The lowest BCUT2D eigenvalue weighted by atomic mass is 9.86. The summed E-state index contributed by atoms with van der Waals surface area (Å²) in [6, 6.07) is 11.2. The first kappa shape index (κ1) is 20.9. The second-order valence-electron chi connectivity index (χ2n) is 7.89. The zero-order valence-electron chi connectivity index (χ0n) is 17.0. The summed E-state index contributed by atoms with van der Waals surface area (Å²) in [7, 11) is 0. The summed E-state index contributed by atoms with van der Waals surface area (Å²) in [4.78, 5) is 33.4. The van der Waals surface area contributed by atoms with Crippen LogP contribution < -0.4 is 0 Å². The third-order valence-electron chi connectivity index (χ3n) is 4.50. The monoisotopic (exact) mass is 408 g/mol. The summed E-state index contributed by atoms with van der Waals surface area (Å²) in [6.45, 7) is 7.95. The second-order valence-corrected chi connectivity index (χ2v) is 8.74. The van der Waals surface area contributed by atoms with E-state index in [4.69, 9.17) is 4.74 Å². The first-order chi connectivity index (χ1) is 13.7. The van der Waals surface area contributed by atoms with E-state index in [0.29, 0.717) is 11.3 Å². The van der Waals surface area contributed by atoms with E-state index in [-0.39, 0.29) is 17.6 Å². The summed E-state index contributed by atoms with van der Waals surface area (Å²) < 4.78 is 5.35. The Hall–Kier alpha value is -2.86. The normalized spacial score (nSPS) is 12.4. The molecule has 150 valence electrons. The standard InChI is InChI=1S/C23H24N2O3S/c1-15(21(27)16-7-9-18(10-8-16)23(2,3)4)28-20(26)12-19-14-29-22(25-19)17-6-5-11-24-13-17/h5-11,13-15H,12H2,1-4H3/t15-/m0/s1. The lowest BCUT2D eigenvalue weighted by Crippen LogP contribution is -2.25. The number of pyridine rings is 1. The number of benzene rings is 1. The molecule has 5 nitrogen and oxygen atoms in total. The maximum atomic E-state index is 12.6. The number of ether oxygens (including phenoxy) is 1. The molecule has 0 saturated carbocycles. The summed E-state index contributed by atoms with van der Waals surface area (Å²) in [5, 5.41) is 2.62. The van der Waals surface area contributed by atoms with Crippen LogP contribution in [0, 0.1) is 0 Å². The molecule has 0 aliphatic rings. The molecule has 2 heterocycles. The highest BCUT2D eigenvalue weighted by atomic mass is 32.1. The number of Topliss-reactive ketones (excluding diaryl/α,β-unsaturated/α-hetero) is 1. The average molecular weight is 409 g/mol. The summed E-state index contributed by atoms with van der Waals surface area (Å²) in [5.74, 6) is -0.687. The minimum atomic E-state index is -0.848. The van der Waals surface area contributed by atoms with Crippen LogP contribution in [0.25, 0.3) is 10.6 Å². The van der Waals surface area contributed by atoms with Crippen LogP contribution >= 0.6 is 11.3 Å². The van der Waals surface area contributed by atoms with Gasteiger partial charge in [-0.25, -0.2) is 4.98 Å². The molecule has 0 bridgehead atoms. The number of rotatable bonds is 6. The minimum absolute atomic E-state index is 0.0157. The third-order valence-corrected chi connectivity index (χ3v) is 5.44. The van der Waals surface area contributed by atoms with E-state index in [1.54, 1.807) is 31.5 Å². The quantitative estimate of drug-likeness (QED) is 0.430. The van der Waals surface area contributed by atoms with Crippen molar-refractivity contribution in [3.05, 3.63) is 71.0 Å². The van der Waals surface area contributed by atoms with Crippen molar-refractivity contribution in [2.24, 2.45) is 0 Å². The molecule has 29 heavy (non-hydrogen) atoms. The number of carbonyl (C=O) groups is 2. The van der Waals surface area contributed by atoms with Crippen molar-refractivity contribution in [3.63, 3.8) is 0 Å². The van der Waals surface area contributed by atoms with Crippen LogP contribution in [0.3, 0.4) is 0 Å².